The van der Waals surface area contributed by atoms with E-state index in [-0.39, 0.29) is 0 Å². The summed E-state index contributed by atoms with van der Waals surface area (Å²) >= 11 is 0. The summed E-state index contributed by atoms with van der Waals surface area (Å²) < 4.78 is 17.1. The predicted molar refractivity (Wildman–Crippen MR) is 90.4 cm³/mol. The van der Waals surface area contributed by atoms with Gasteiger partial charge in [-0.1, -0.05) is 52.4 Å². The minimum absolute atomic E-state index is 0.492. The molecule has 21 heavy (non-hydrogen) atoms. The van der Waals surface area contributed by atoms with Crippen LogP contribution < -0.4 is 0 Å². The third-order valence-electron chi connectivity index (χ3n) is 3.30. The lowest BCUT2D eigenvalue weighted by atomic mass is 10.1. The van der Waals surface area contributed by atoms with Crippen LogP contribution in [0.25, 0.3) is 0 Å². The highest BCUT2D eigenvalue weighted by molar-refractivity contribution is 6.36. The van der Waals surface area contributed by atoms with Gasteiger partial charge in [-0.2, -0.15) is 0 Å². The molecular formula is C16H36BNO3. The standard InChI is InChI=1S/C16H36BNO3/c1-5-7-9-11-14-19-17(21-16-13-18(3)4)20-15-12-10-8-6-2/h5-16H2,1-4H3. The van der Waals surface area contributed by atoms with Gasteiger partial charge >= 0.3 is 7.32 Å². The quantitative estimate of drug-likeness (QED) is 0.321. The van der Waals surface area contributed by atoms with Crippen LogP contribution in [0.4, 0.5) is 0 Å². The van der Waals surface area contributed by atoms with E-state index < -0.39 is 7.32 Å². The van der Waals surface area contributed by atoms with E-state index in [2.05, 4.69) is 18.7 Å². The fraction of sp³-hybridized carbons (Fsp3) is 1.00. The number of hydrogen-bond acceptors (Lipinski definition) is 4. The highest BCUT2D eigenvalue weighted by Gasteiger charge is 2.20. The fourth-order valence-electron chi connectivity index (χ4n) is 1.89. The molecule has 0 amide bonds. The van der Waals surface area contributed by atoms with Crippen LogP contribution in [0.2, 0.25) is 0 Å². The third-order valence-corrected chi connectivity index (χ3v) is 3.30. The van der Waals surface area contributed by atoms with Crippen molar-refractivity contribution in [3.05, 3.63) is 0 Å². The van der Waals surface area contributed by atoms with E-state index in [0.717, 1.165) is 32.6 Å². The summed E-state index contributed by atoms with van der Waals surface area (Å²) in [7, 11) is 3.58. The predicted octanol–water partition coefficient (Wildman–Crippen LogP) is 3.74. The van der Waals surface area contributed by atoms with E-state index in [1.54, 1.807) is 0 Å². The number of nitrogens with zero attached hydrogens (tertiary/aromatic N) is 1. The summed E-state index contributed by atoms with van der Waals surface area (Å²) in [6, 6.07) is 0. The first kappa shape index (κ1) is 20.9. The van der Waals surface area contributed by atoms with Crippen LogP contribution in [0.1, 0.15) is 65.2 Å². The number of hydrogen-bond donors (Lipinski definition) is 0. The van der Waals surface area contributed by atoms with Crippen molar-refractivity contribution in [1.82, 2.24) is 4.90 Å². The molecular weight excluding hydrogens is 265 g/mol. The second-order valence-corrected chi connectivity index (χ2v) is 5.83. The molecule has 0 unspecified atom stereocenters. The topological polar surface area (TPSA) is 30.9 Å². The van der Waals surface area contributed by atoms with Crippen molar-refractivity contribution in [2.75, 3.05) is 40.5 Å². The molecule has 0 aromatic heterocycles. The number of rotatable bonds is 16. The monoisotopic (exact) mass is 301 g/mol. The Balaban J connectivity index is 3.74. The van der Waals surface area contributed by atoms with Crippen LogP contribution in [-0.2, 0) is 14.0 Å². The summed E-state index contributed by atoms with van der Waals surface area (Å²) in [5.74, 6) is 0. The summed E-state index contributed by atoms with van der Waals surface area (Å²) in [6.07, 6.45) is 9.64. The summed E-state index contributed by atoms with van der Waals surface area (Å²) in [4.78, 5) is 2.10. The summed E-state index contributed by atoms with van der Waals surface area (Å²) in [6.45, 7) is 7.40. The van der Waals surface area contributed by atoms with Gasteiger partial charge in [-0.25, -0.2) is 0 Å². The van der Waals surface area contributed by atoms with Crippen molar-refractivity contribution in [3.63, 3.8) is 0 Å². The lowest BCUT2D eigenvalue weighted by molar-refractivity contribution is 0.0849. The molecule has 0 N–H and O–H groups in total. The van der Waals surface area contributed by atoms with Crippen molar-refractivity contribution in [1.29, 1.82) is 0 Å². The van der Waals surface area contributed by atoms with Gasteiger partial charge in [0.1, 0.15) is 0 Å². The SMILES string of the molecule is CCCCCCOB(OCCCCCC)OCCN(C)C. The van der Waals surface area contributed by atoms with Crippen LogP contribution in [0.15, 0.2) is 0 Å². The largest absolute Gasteiger partial charge is 0.639 e. The molecule has 0 saturated heterocycles. The molecule has 4 nitrogen and oxygen atoms in total. The lowest BCUT2D eigenvalue weighted by Gasteiger charge is -2.16. The zero-order chi connectivity index (χ0) is 15.8. The van der Waals surface area contributed by atoms with E-state index in [9.17, 15) is 0 Å². The molecule has 0 aromatic carbocycles. The van der Waals surface area contributed by atoms with Gasteiger partial charge in [0.15, 0.2) is 0 Å². The Labute approximate surface area is 132 Å². The number of likely N-dealkylation sites (N-methyl/N-ethyl adjacent to an activating group) is 1. The van der Waals surface area contributed by atoms with Gasteiger partial charge in [0.25, 0.3) is 0 Å². The maximum Gasteiger partial charge on any atom is 0.639 e. The van der Waals surface area contributed by atoms with Gasteiger partial charge < -0.3 is 18.9 Å². The molecule has 0 aromatic rings. The second kappa shape index (κ2) is 16.3. The Hall–Kier alpha value is -0.0951. The fourth-order valence-corrected chi connectivity index (χ4v) is 1.89. The summed E-state index contributed by atoms with van der Waals surface area (Å²) in [5, 5.41) is 0. The zero-order valence-electron chi connectivity index (χ0n) is 14.7. The Morgan fingerprint density at radius 2 is 1.14 bits per heavy atom. The lowest BCUT2D eigenvalue weighted by Crippen LogP contribution is -2.31. The van der Waals surface area contributed by atoms with E-state index in [1.807, 2.05) is 14.1 Å². The van der Waals surface area contributed by atoms with Crippen LogP contribution in [-0.4, -0.2) is 52.7 Å². The first-order valence-electron chi connectivity index (χ1n) is 8.70. The maximum absolute atomic E-state index is 5.71. The van der Waals surface area contributed by atoms with Crippen molar-refractivity contribution < 1.29 is 14.0 Å². The van der Waals surface area contributed by atoms with Crippen molar-refractivity contribution >= 4 is 7.32 Å². The Bertz CT molecular complexity index is 192. The van der Waals surface area contributed by atoms with Crippen LogP contribution >= 0.6 is 0 Å². The molecule has 5 heteroatoms. The molecule has 0 bridgehead atoms. The third kappa shape index (κ3) is 16.1. The minimum Gasteiger partial charge on any atom is -0.386 e. The summed E-state index contributed by atoms with van der Waals surface area (Å²) in [5.41, 5.74) is 0. The van der Waals surface area contributed by atoms with Gasteiger partial charge in [0.2, 0.25) is 0 Å². The van der Waals surface area contributed by atoms with E-state index in [0.29, 0.717) is 6.61 Å². The molecule has 0 spiro atoms. The van der Waals surface area contributed by atoms with E-state index in [4.69, 9.17) is 14.0 Å². The number of unbranched alkanes of at least 4 members (excludes halogenated alkanes) is 6. The Kier molecular flexibility index (Phi) is 16.2. The Morgan fingerprint density at radius 3 is 1.57 bits per heavy atom. The molecule has 0 radical (unpaired) electrons. The molecule has 126 valence electrons. The molecule has 0 aliphatic carbocycles. The van der Waals surface area contributed by atoms with Crippen molar-refractivity contribution in [3.8, 4) is 0 Å². The molecule has 0 saturated carbocycles. The maximum atomic E-state index is 5.71. The van der Waals surface area contributed by atoms with E-state index >= 15 is 0 Å². The van der Waals surface area contributed by atoms with Crippen LogP contribution in [0.5, 0.6) is 0 Å². The van der Waals surface area contributed by atoms with Crippen molar-refractivity contribution in [2.24, 2.45) is 0 Å². The average Bonchev–Trinajstić information content (AvgIpc) is 2.45. The van der Waals surface area contributed by atoms with Gasteiger partial charge in [0, 0.05) is 26.4 Å². The molecule has 0 fully saturated rings. The molecule has 0 rings (SSSR count). The highest BCUT2D eigenvalue weighted by Crippen LogP contribution is 2.04. The second-order valence-electron chi connectivity index (χ2n) is 5.83. The van der Waals surface area contributed by atoms with Gasteiger partial charge in [-0.05, 0) is 26.9 Å². The highest BCUT2D eigenvalue weighted by atomic mass is 16.7. The smallest absolute Gasteiger partial charge is 0.386 e. The molecule has 0 atom stereocenters. The van der Waals surface area contributed by atoms with Gasteiger partial charge in [-0.3, -0.25) is 0 Å². The first-order chi connectivity index (χ1) is 10.2. The van der Waals surface area contributed by atoms with Crippen LogP contribution in [0.3, 0.4) is 0 Å². The average molecular weight is 301 g/mol. The first-order valence-corrected chi connectivity index (χ1v) is 8.70. The molecule has 0 aliphatic heterocycles. The molecule has 0 heterocycles. The van der Waals surface area contributed by atoms with Crippen molar-refractivity contribution in [2.45, 2.75) is 65.2 Å². The zero-order valence-corrected chi connectivity index (χ0v) is 14.7. The van der Waals surface area contributed by atoms with Crippen LogP contribution in [0, 0.1) is 0 Å². The molecule has 0 aliphatic rings. The van der Waals surface area contributed by atoms with E-state index in [1.165, 1.54) is 38.5 Å². The van der Waals surface area contributed by atoms with Gasteiger partial charge in [0.05, 0.1) is 0 Å². The Morgan fingerprint density at radius 1 is 0.667 bits per heavy atom. The normalized spacial score (nSPS) is 11.3. The minimum atomic E-state index is -0.492. The van der Waals surface area contributed by atoms with Gasteiger partial charge in [-0.15, -0.1) is 0 Å².